The second-order valence-corrected chi connectivity index (χ2v) is 7.32. The normalized spacial score (nSPS) is 10.5. The molecule has 0 aliphatic rings. The van der Waals surface area contributed by atoms with Crippen molar-refractivity contribution in [1.29, 1.82) is 0 Å². The molecule has 0 unspecified atom stereocenters. The molecule has 0 atom stereocenters. The maximum atomic E-state index is 11.0. The SMILES string of the molecule is O=C(Cl)c1ccc(SCCSc2ccc(C(=O)Cl)cc2)cc1. The van der Waals surface area contributed by atoms with E-state index in [1.54, 1.807) is 47.8 Å². The second kappa shape index (κ2) is 8.63. The fourth-order valence-electron chi connectivity index (χ4n) is 1.68. The molecule has 0 N–H and O–H groups in total. The molecule has 0 heterocycles. The first-order valence-electron chi connectivity index (χ1n) is 6.41. The van der Waals surface area contributed by atoms with Crippen LogP contribution in [0.4, 0.5) is 0 Å². The van der Waals surface area contributed by atoms with E-state index in [2.05, 4.69) is 0 Å². The van der Waals surface area contributed by atoms with Crippen molar-refractivity contribution in [2.24, 2.45) is 0 Å². The molecule has 2 aromatic rings. The van der Waals surface area contributed by atoms with E-state index in [0.29, 0.717) is 11.1 Å². The van der Waals surface area contributed by atoms with Crippen molar-refractivity contribution in [2.75, 3.05) is 11.5 Å². The highest BCUT2D eigenvalue weighted by Gasteiger charge is 2.03. The number of halogens is 2. The minimum absolute atomic E-state index is 0.439. The fraction of sp³-hybridized carbons (Fsp3) is 0.125. The molecule has 0 aliphatic carbocycles. The van der Waals surface area contributed by atoms with Crippen LogP contribution in [0.15, 0.2) is 58.3 Å². The van der Waals surface area contributed by atoms with E-state index >= 15 is 0 Å². The van der Waals surface area contributed by atoms with Crippen molar-refractivity contribution in [2.45, 2.75) is 9.79 Å². The lowest BCUT2D eigenvalue weighted by Gasteiger charge is -2.03. The standard InChI is InChI=1S/C16H12Cl2O2S2/c17-15(19)11-1-5-13(6-2-11)21-9-10-22-14-7-3-12(4-8-14)16(18)20/h1-8H,9-10H2. The van der Waals surface area contributed by atoms with E-state index in [0.717, 1.165) is 21.3 Å². The molecule has 0 spiro atoms. The van der Waals surface area contributed by atoms with Crippen molar-refractivity contribution < 1.29 is 9.59 Å². The van der Waals surface area contributed by atoms with Crippen molar-refractivity contribution >= 4 is 57.2 Å². The minimum Gasteiger partial charge on any atom is -0.276 e. The number of carbonyl (C=O) groups is 2. The summed E-state index contributed by atoms with van der Waals surface area (Å²) in [7, 11) is 0. The Morgan fingerprint density at radius 3 is 1.27 bits per heavy atom. The van der Waals surface area contributed by atoms with Gasteiger partial charge in [-0.3, -0.25) is 9.59 Å². The van der Waals surface area contributed by atoms with Gasteiger partial charge in [0.05, 0.1) is 0 Å². The van der Waals surface area contributed by atoms with E-state index in [1.165, 1.54) is 0 Å². The van der Waals surface area contributed by atoms with Crippen molar-refractivity contribution in [3.8, 4) is 0 Å². The lowest BCUT2D eigenvalue weighted by molar-refractivity contribution is 0.107. The molecule has 2 rings (SSSR count). The third-order valence-corrected chi connectivity index (χ3v) is 5.51. The molecule has 0 aromatic heterocycles. The van der Waals surface area contributed by atoms with Crippen LogP contribution in [0.25, 0.3) is 0 Å². The predicted octanol–water partition coefficient (Wildman–Crippen LogP) is 5.33. The lowest BCUT2D eigenvalue weighted by Crippen LogP contribution is -1.89. The van der Waals surface area contributed by atoms with Gasteiger partial charge in [-0.15, -0.1) is 23.5 Å². The van der Waals surface area contributed by atoms with Gasteiger partial charge in [0.25, 0.3) is 10.5 Å². The monoisotopic (exact) mass is 370 g/mol. The highest BCUT2D eigenvalue weighted by Crippen LogP contribution is 2.24. The van der Waals surface area contributed by atoms with Crippen LogP contribution in [0.2, 0.25) is 0 Å². The van der Waals surface area contributed by atoms with Gasteiger partial charge in [0, 0.05) is 32.4 Å². The molecule has 6 heteroatoms. The van der Waals surface area contributed by atoms with Gasteiger partial charge >= 0.3 is 0 Å². The predicted molar refractivity (Wildman–Crippen MR) is 94.7 cm³/mol. The summed E-state index contributed by atoms with van der Waals surface area (Å²) in [5, 5.41) is -0.878. The molecule has 2 aromatic carbocycles. The van der Waals surface area contributed by atoms with Gasteiger partial charge in [-0.1, -0.05) is 0 Å². The lowest BCUT2D eigenvalue weighted by atomic mass is 10.2. The fourth-order valence-corrected chi connectivity index (χ4v) is 3.73. The summed E-state index contributed by atoms with van der Waals surface area (Å²) in [5.74, 6) is 1.88. The average Bonchev–Trinajstić information content (AvgIpc) is 2.52. The zero-order chi connectivity index (χ0) is 15.9. The quantitative estimate of drug-likeness (QED) is 0.374. The third-order valence-electron chi connectivity index (χ3n) is 2.78. The number of carbonyl (C=O) groups excluding carboxylic acids is 2. The number of thioether (sulfide) groups is 2. The molecule has 2 nitrogen and oxygen atoms in total. The molecule has 22 heavy (non-hydrogen) atoms. The Morgan fingerprint density at radius 1 is 0.682 bits per heavy atom. The molecule has 0 saturated carbocycles. The topological polar surface area (TPSA) is 34.1 Å². The third kappa shape index (κ3) is 5.36. The van der Waals surface area contributed by atoms with E-state index in [-0.39, 0.29) is 0 Å². The van der Waals surface area contributed by atoms with E-state index in [1.807, 2.05) is 24.3 Å². The largest absolute Gasteiger partial charge is 0.276 e. The van der Waals surface area contributed by atoms with Gasteiger partial charge in [0.2, 0.25) is 0 Å². The Balaban J connectivity index is 1.77. The van der Waals surface area contributed by atoms with Crippen LogP contribution in [-0.4, -0.2) is 22.0 Å². The van der Waals surface area contributed by atoms with Crippen LogP contribution >= 0.6 is 46.7 Å². The Bertz CT molecular complexity index is 595. The average molecular weight is 371 g/mol. The summed E-state index contributed by atoms with van der Waals surface area (Å²) in [6, 6.07) is 14.5. The van der Waals surface area contributed by atoms with Crippen molar-refractivity contribution in [3.63, 3.8) is 0 Å². The summed E-state index contributed by atoms with van der Waals surface area (Å²) >= 11 is 14.2. The molecule has 0 bridgehead atoms. The van der Waals surface area contributed by atoms with Gasteiger partial charge in [-0.05, 0) is 71.7 Å². The molecule has 0 radical (unpaired) electrons. The smallest absolute Gasteiger partial charge is 0.252 e. The highest BCUT2D eigenvalue weighted by molar-refractivity contribution is 8.03. The Labute approximate surface area is 147 Å². The van der Waals surface area contributed by atoms with Crippen LogP contribution in [0, 0.1) is 0 Å². The van der Waals surface area contributed by atoms with Gasteiger partial charge in [0.1, 0.15) is 0 Å². The first-order valence-corrected chi connectivity index (χ1v) is 9.14. The minimum atomic E-state index is -0.439. The number of benzene rings is 2. The maximum Gasteiger partial charge on any atom is 0.252 e. The first kappa shape index (κ1) is 17.4. The molecule has 0 amide bonds. The summed E-state index contributed by atoms with van der Waals surface area (Å²) in [4.78, 5) is 24.1. The summed E-state index contributed by atoms with van der Waals surface area (Å²) in [6.45, 7) is 0. The van der Waals surface area contributed by atoms with Crippen LogP contribution < -0.4 is 0 Å². The molecule has 0 saturated heterocycles. The molecule has 0 aliphatic heterocycles. The summed E-state index contributed by atoms with van der Waals surface area (Å²) in [5.41, 5.74) is 1.02. The van der Waals surface area contributed by atoms with Crippen LogP contribution in [-0.2, 0) is 0 Å². The summed E-state index contributed by atoms with van der Waals surface area (Å²) < 4.78 is 0. The van der Waals surface area contributed by atoms with Crippen molar-refractivity contribution in [1.82, 2.24) is 0 Å². The number of hydrogen-bond donors (Lipinski definition) is 0. The van der Waals surface area contributed by atoms with Crippen molar-refractivity contribution in [3.05, 3.63) is 59.7 Å². The zero-order valence-corrected chi connectivity index (χ0v) is 14.6. The van der Waals surface area contributed by atoms with E-state index in [9.17, 15) is 9.59 Å². The van der Waals surface area contributed by atoms with Crippen LogP contribution in [0.3, 0.4) is 0 Å². The summed E-state index contributed by atoms with van der Waals surface area (Å²) in [6.07, 6.45) is 0. The van der Waals surface area contributed by atoms with Crippen LogP contribution in [0.1, 0.15) is 20.7 Å². The Hall–Kier alpha value is -0.940. The van der Waals surface area contributed by atoms with E-state index in [4.69, 9.17) is 23.2 Å². The molecular weight excluding hydrogens is 359 g/mol. The Kier molecular flexibility index (Phi) is 6.83. The number of rotatable bonds is 7. The highest BCUT2D eigenvalue weighted by atomic mass is 35.5. The number of hydrogen-bond acceptors (Lipinski definition) is 4. The maximum absolute atomic E-state index is 11.0. The molecule has 0 fully saturated rings. The van der Waals surface area contributed by atoms with E-state index < -0.39 is 10.5 Å². The van der Waals surface area contributed by atoms with Crippen LogP contribution in [0.5, 0.6) is 0 Å². The van der Waals surface area contributed by atoms with Gasteiger partial charge in [-0.2, -0.15) is 0 Å². The molecule has 114 valence electrons. The zero-order valence-electron chi connectivity index (χ0n) is 11.4. The van der Waals surface area contributed by atoms with Gasteiger partial charge < -0.3 is 0 Å². The van der Waals surface area contributed by atoms with Gasteiger partial charge in [-0.25, -0.2) is 0 Å². The first-order chi connectivity index (χ1) is 10.6. The second-order valence-electron chi connectivity index (χ2n) is 4.29. The molecular formula is C16H12Cl2O2S2. The Morgan fingerprint density at radius 2 is 1.00 bits per heavy atom. The van der Waals surface area contributed by atoms with Gasteiger partial charge in [0.15, 0.2) is 0 Å².